The van der Waals surface area contributed by atoms with E-state index in [0.717, 1.165) is 22.3 Å². The number of benzene rings is 2. The minimum Gasteiger partial charge on any atom is -0.486 e. The third-order valence-electron chi connectivity index (χ3n) is 7.60. The van der Waals surface area contributed by atoms with Gasteiger partial charge < -0.3 is 14.2 Å². The highest BCUT2D eigenvalue weighted by Gasteiger charge is 2.30. The first-order chi connectivity index (χ1) is 19.8. The Bertz CT molecular complexity index is 1560. The summed E-state index contributed by atoms with van der Waals surface area (Å²) in [5.41, 5.74) is 4.07. The Balaban J connectivity index is 1.29. The van der Waals surface area contributed by atoms with Crippen molar-refractivity contribution in [2.75, 3.05) is 18.6 Å². The summed E-state index contributed by atoms with van der Waals surface area (Å²) in [6.45, 7) is 1.73. The number of nitrogens with zero attached hydrogens (tertiary/aromatic N) is 1. The molecule has 2 aromatic carbocycles. The Kier molecular flexibility index (Phi) is 8.60. The van der Waals surface area contributed by atoms with Gasteiger partial charge in [0.05, 0.1) is 31.0 Å². The van der Waals surface area contributed by atoms with Gasteiger partial charge in [0.2, 0.25) is 5.88 Å². The van der Waals surface area contributed by atoms with Gasteiger partial charge in [0, 0.05) is 23.4 Å². The van der Waals surface area contributed by atoms with E-state index in [1.807, 2.05) is 30.3 Å². The van der Waals surface area contributed by atoms with Crippen molar-refractivity contribution in [2.45, 2.75) is 57.2 Å². The highest BCUT2D eigenvalue weighted by Crippen LogP contribution is 2.42. The van der Waals surface area contributed by atoms with Crippen LogP contribution in [0, 0.1) is 17.7 Å². The molecule has 7 nitrogen and oxygen atoms in total. The smallest absolute Gasteiger partial charge is 0.307 e. The zero-order valence-electron chi connectivity index (χ0n) is 23.1. The van der Waals surface area contributed by atoms with Crippen molar-refractivity contribution in [1.82, 2.24) is 4.98 Å². The van der Waals surface area contributed by atoms with E-state index in [2.05, 4.69) is 16.8 Å². The predicted molar refractivity (Wildman–Crippen MR) is 153 cm³/mol. The van der Waals surface area contributed by atoms with Crippen LogP contribution in [-0.2, 0) is 25.8 Å². The number of hydrogen-bond donors (Lipinski definition) is 0. The maximum atomic E-state index is 15.1. The Hall–Kier alpha value is -3.90. The molecule has 41 heavy (non-hydrogen) atoms. The number of rotatable bonds is 8. The molecule has 1 unspecified atom stereocenters. The lowest BCUT2D eigenvalue weighted by Gasteiger charge is -2.22. The zero-order chi connectivity index (χ0) is 29.0. The second-order valence-corrected chi connectivity index (χ2v) is 12.6. The Morgan fingerprint density at radius 2 is 1.80 bits per heavy atom. The number of carbonyl (C=O) groups excluding carboxylic acids is 1. The second kappa shape index (κ2) is 12.3. The number of ether oxygens (including phenoxy) is 3. The van der Waals surface area contributed by atoms with Crippen molar-refractivity contribution in [3.05, 3.63) is 77.2 Å². The van der Waals surface area contributed by atoms with Gasteiger partial charge in [-0.25, -0.2) is 17.8 Å². The predicted octanol–water partition coefficient (Wildman–Crippen LogP) is 5.58. The first-order valence-corrected chi connectivity index (χ1v) is 15.5. The first kappa shape index (κ1) is 28.6. The van der Waals surface area contributed by atoms with E-state index in [0.29, 0.717) is 42.9 Å². The van der Waals surface area contributed by atoms with Crippen LogP contribution in [0.3, 0.4) is 0 Å². The molecule has 0 N–H and O–H groups in total. The summed E-state index contributed by atoms with van der Waals surface area (Å²) < 4.78 is 55.4. The van der Waals surface area contributed by atoms with Gasteiger partial charge >= 0.3 is 5.97 Å². The Morgan fingerprint density at radius 3 is 2.46 bits per heavy atom. The maximum absolute atomic E-state index is 15.1. The van der Waals surface area contributed by atoms with Gasteiger partial charge in [0.25, 0.3) is 0 Å². The fourth-order valence-corrected chi connectivity index (χ4v) is 6.90. The van der Waals surface area contributed by atoms with E-state index >= 15 is 4.39 Å². The van der Waals surface area contributed by atoms with E-state index < -0.39 is 15.9 Å². The highest BCUT2D eigenvalue weighted by atomic mass is 32.2. The van der Waals surface area contributed by atoms with Gasteiger partial charge in [-0.1, -0.05) is 24.1 Å². The maximum Gasteiger partial charge on any atom is 0.307 e. The number of halogens is 1. The van der Waals surface area contributed by atoms with Crippen LogP contribution in [0.4, 0.5) is 4.39 Å². The lowest BCUT2D eigenvalue weighted by atomic mass is 9.96. The lowest BCUT2D eigenvalue weighted by Crippen LogP contribution is -2.30. The van der Waals surface area contributed by atoms with E-state index in [-0.39, 0.29) is 41.7 Å². The van der Waals surface area contributed by atoms with Crippen LogP contribution in [0.15, 0.2) is 54.7 Å². The summed E-state index contributed by atoms with van der Waals surface area (Å²) in [6.07, 6.45) is 3.48. The number of aromatic nitrogens is 1. The van der Waals surface area contributed by atoms with E-state index in [4.69, 9.17) is 14.2 Å². The largest absolute Gasteiger partial charge is 0.486 e. The number of hydrogen-bond acceptors (Lipinski definition) is 7. The summed E-state index contributed by atoms with van der Waals surface area (Å²) in [4.78, 5) is 16.2. The fraction of sp³-hybridized carbons (Fsp3) is 0.375. The standard InChI is InChI=1S/C32H32FNO6S/c1-3-4-22(19-31(35)38-2)21-5-8-24(9-6-21)39-29-13-11-27-26(10-12-28(33)32(27)29)23-7-14-30(34-20-23)40-25-15-17-41(36,37)18-16-25/h5-10,12,14,20,22,25,29H,11,13,15-19H2,1-2H3/t22?,29-/m1/s1. The summed E-state index contributed by atoms with van der Waals surface area (Å²) in [7, 11) is -1.60. The number of methoxy groups -OCH3 is 1. The van der Waals surface area contributed by atoms with Crippen LogP contribution < -0.4 is 9.47 Å². The van der Waals surface area contributed by atoms with Crippen LogP contribution in [0.1, 0.15) is 61.3 Å². The van der Waals surface area contributed by atoms with E-state index in [1.165, 1.54) is 13.2 Å². The summed E-state index contributed by atoms with van der Waals surface area (Å²) >= 11 is 0. The molecule has 1 aliphatic heterocycles. The molecule has 2 aliphatic rings. The number of carbonyl (C=O) groups is 1. The Labute approximate surface area is 240 Å². The summed E-state index contributed by atoms with van der Waals surface area (Å²) in [5.74, 6) is 6.32. The lowest BCUT2D eigenvalue weighted by molar-refractivity contribution is -0.140. The zero-order valence-corrected chi connectivity index (χ0v) is 23.9. The molecule has 0 amide bonds. The van der Waals surface area contributed by atoms with E-state index in [1.54, 1.807) is 25.3 Å². The molecule has 1 aromatic heterocycles. The third-order valence-corrected chi connectivity index (χ3v) is 9.31. The van der Waals surface area contributed by atoms with Crippen molar-refractivity contribution >= 4 is 15.8 Å². The topological polar surface area (TPSA) is 91.8 Å². The minimum atomic E-state index is -2.96. The van der Waals surface area contributed by atoms with Crippen LogP contribution >= 0.6 is 0 Å². The third kappa shape index (κ3) is 6.71. The average Bonchev–Trinajstić information content (AvgIpc) is 3.39. The van der Waals surface area contributed by atoms with Crippen molar-refractivity contribution < 1.29 is 31.8 Å². The van der Waals surface area contributed by atoms with Crippen LogP contribution in [0.5, 0.6) is 11.6 Å². The molecule has 3 aromatic rings. The van der Waals surface area contributed by atoms with Gasteiger partial charge in [0.15, 0.2) is 9.84 Å². The second-order valence-electron chi connectivity index (χ2n) is 10.3. The summed E-state index contributed by atoms with van der Waals surface area (Å²) in [6, 6.07) is 14.3. The number of fused-ring (bicyclic) bond motifs is 1. The molecule has 0 saturated carbocycles. The van der Waals surface area contributed by atoms with Gasteiger partial charge in [-0.15, -0.1) is 5.92 Å². The van der Waals surface area contributed by atoms with E-state index in [9.17, 15) is 13.2 Å². The molecule has 0 radical (unpaired) electrons. The average molecular weight is 578 g/mol. The molecule has 214 valence electrons. The number of pyridine rings is 1. The van der Waals surface area contributed by atoms with Crippen LogP contribution in [0.25, 0.3) is 11.1 Å². The van der Waals surface area contributed by atoms with Gasteiger partial charge in [0.1, 0.15) is 23.8 Å². The number of esters is 1. The molecule has 1 saturated heterocycles. The van der Waals surface area contributed by atoms with Gasteiger partial charge in [-0.05, 0) is 73.6 Å². The number of sulfone groups is 1. The fourth-order valence-electron chi connectivity index (χ4n) is 5.45. The molecule has 2 atom stereocenters. The van der Waals surface area contributed by atoms with Crippen LogP contribution in [-0.4, -0.2) is 44.1 Å². The molecule has 5 rings (SSSR count). The molecule has 1 aliphatic carbocycles. The monoisotopic (exact) mass is 577 g/mol. The van der Waals surface area contributed by atoms with Crippen LogP contribution in [0.2, 0.25) is 0 Å². The van der Waals surface area contributed by atoms with Crippen molar-refractivity contribution in [3.8, 4) is 34.6 Å². The SMILES string of the molecule is CC#CC(CC(=O)OC)c1ccc(O[C@@H]2CCc3c(-c4ccc(OC5CCS(=O)(=O)CC5)nc4)ccc(F)c32)cc1. The van der Waals surface area contributed by atoms with Gasteiger partial charge in [-0.2, -0.15) is 0 Å². The van der Waals surface area contributed by atoms with Gasteiger partial charge in [-0.3, -0.25) is 4.79 Å². The highest BCUT2D eigenvalue weighted by molar-refractivity contribution is 7.91. The summed E-state index contributed by atoms with van der Waals surface area (Å²) in [5, 5.41) is 0. The van der Waals surface area contributed by atoms with Crippen molar-refractivity contribution in [1.29, 1.82) is 0 Å². The molecule has 2 heterocycles. The normalized spacial score (nSPS) is 18.5. The van der Waals surface area contributed by atoms with Crippen molar-refractivity contribution in [3.63, 3.8) is 0 Å². The Morgan fingerprint density at radius 1 is 1.05 bits per heavy atom. The quantitative estimate of drug-likeness (QED) is 0.255. The molecule has 0 bridgehead atoms. The molecular weight excluding hydrogens is 545 g/mol. The molecule has 0 spiro atoms. The first-order valence-electron chi connectivity index (χ1n) is 13.7. The molecule has 9 heteroatoms. The van der Waals surface area contributed by atoms with Crippen molar-refractivity contribution in [2.24, 2.45) is 0 Å². The molecular formula is C32H32FNO6S. The molecule has 1 fully saturated rings. The minimum absolute atomic E-state index is 0.133.